The summed E-state index contributed by atoms with van der Waals surface area (Å²) in [5.41, 5.74) is 4.61. The first-order chi connectivity index (χ1) is 15.1. The Morgan fingerprint density at radius 1 is 0.871 bits per heavy atom. The fourth-order valence-electron chi connectivity index (χ4n) is 3.78. The zero-order valence-electron chi connectivity index (χ0n) is 17.4. The maximum Gasteiger partial charge on any atom is 0.247 e. The Labute approximate surface area is 181 Å². The van der Waals surface area contributed by atoms with Gasteiger partial charge in [-0.15, -0.1) is 0 Å². The van der Waals surface area contributed by atoms with E-state index in [-0.39, 0.29) is 18.2 Å². The van der Waals surface area contributed by atoms with E-state index < -0.39 is 6.04 Å². The molecule has 156 valence electrons. The lowest BCUT2D eigenvalue weighted by atomic mass is 10.0. The number of rotatable bonds is 7. The quantitative estimate of drug-likeness (QED) is 0.422. The van der Waals surface area contributed by atoms with Crippen LogP contribution >= 0.6 is 0 Å². The number of para-hydroxylation sites is 2. The van der Waals surface area contributed by atoms with Crippen molar-refractivity contribution in [2.75, 3.05) is 5.32 Å². The molecule has 0 radical (unpaired) electrons. The molecule has 0 aliphatic carbocycles. The Balaban J connectivity index is 1.52. The van der Waals surface area contributed by atoms with Crippen molar-refractivity contribution in [1.82, 2.24) is 10.3 Å². The second kappa shape index (κ2) is 9.30. The van der Waals surface area contributed by atoms with Crippen LogP contribution in [0.5, 0.6) is 0 Å². The lowest BCUT2D eigenvalue weighted by Crippen LogP contribution is -2.45. The molecule has 4 aromatic rings. The molecule has 0 fully saturated rings. The first kappa shape index (κ1) is 20.4. The zero-order chi connectivity index (χ0) is 21.6. The van der Waals surface area contributed by atoms with Gasteiger partial charge in [0.15, 0.2) is 0 Å². The van der Waals surface area contributed by atoms with Gasteiger partial charge in [-0.2, -0.15) is 0 Å². The molecule has 5 heteroatoms. The number of hydrogen-bond acceptors (Lipinski definition) is 2. The SMILES string of the molecule is Cc1[nH]c2ccccc2c1CC(=O)N[C@@H](Cc1ccccc1)C(=O)Nc1ccccc1. The van der Waals surface area contributed by atoms with Gasteiger partial charge in [0.2, 0.25) is 11.8 Å². The van der Waals surface area contributed by atoms with E-state index in [9.17, 15) is 9.59 Å². The monoisotopic (exact) mass is 411 g/mol. The van der Waals surface area contributed by atoms with Gasteiger partial charge in [-0.1, -0.05) is 66.7 Å². The lowest BCUT2D eigenvalue weighted by molar-refractivity contribution is -0.126. The van der Waals surface area contributed by atoms with Crippen molar-refractivity contribution in [1.29, 1.82) is 0 Å². The second-order valence-electron chi connectivity index (χ2n) is 7.62. The molecule has 0 aliphatic rings. The highest BCUT2D eigenvalue weighted by Crippen LogP contribution is 2.22. The number of H-pyrrole nitrogens is 1. The third-order valence-electron chi connectivity index (χ3n) is 5.34. The van der Waals surface area contributed by atoms with Crippen LogP contribution < -0.4 is 10.6 Å². The number of amides is 2. The molecular weight excluding hydrogens is 386 g/mol. The van der Waals surface area contributed by atoms with Gasteiger partial charge >= 0.3 is 0 Å². The molecular formula is C26H25N3O2. The molecule has 1 heterocycles. The van der Waals surface area contributed by atoms with Crippen molar-refractivity contribution in [3.8, 4) is 0 Å². The Hall–Kier alpha value is -3.86. The number of fused-ring (bicyclic) bond motifs is 1. The van der Waals surface area contributed by atoms with Crippen LogP contribution in [0.4, 0.5) is 5.69 Å². The maximum absolute atomic E-state index is 13.0. The van der Waals surface area contributed by atoms with E-state index in [2.05, 4.69) is 15.6 Å². The van der Waals surface area contributed by atoms with Crippen molar-refractivity contribution < 1.29 is 9.59 Å². The van der Waals surface area contributed by atoms with Crippen LogP contribution in [-0.2, 0) is 22.4 Å². The smallest absolute Gasteiger partial charge is 0.247 e. The Kier molecular flexibility index (Phi) is 6.13. The summed E-state index contributed by atoms with van der Waals surface area (Å²) in [4.78, 5) is 29.3. The predicted octanol–water partition coefficient (Wildman–Crippen LogP) is 4.39. The van der Waals surface area contributed by atoms with Crippen LogP contribution in [0, 0.1) is 6.92 Å². The van der Waals surface area contributed by atoms with E-state index in [0.29, 0.717) is 12.1 Å². The molecule has 2 amide bonds. The molecule has 1 atom stereocenters. The van der Waals surface area contributed by atoms with Crippen molar-refractivity contribution in [2.24, 2.45) is 0 Å². The highest BCUT2D eigenvalue weighted by Gasteiger charge is 2.22. The number of hydrogen-bond donors (Lipinski definition) is 3. The molecule has 0 saturated carbocycles. The van der Waals surface area contributed by atoms with Gasteiger partial charge in [-0.05, 0) is 36.2 Å². The van der Waals surface area contributed by atoms with Crippen LogP contribution in [0.15, 0.2) is 84.9 Å². The number of carbonyl (C=O) groups is 2. The Morgan fingerprint density at radius 3 is 2.26 bits per heavy atom. The second-order valence-corrected chi connectivity index (χ2v) is 7.62. The normalized spacial score (nSPS) is 11.8. The molecule has 0 unspecified atom stereocenters. The van der Waals surface area contributed by atoms with Crippen molar-refractivity contribution in [3.05, 3.63) is 102 Å². The summed E-state index contributed by atoms with van der Waals surface area (Å²) >= 11 is 0. The standard InChI is InChI=1S/C26H25N3O2/c1-18-22(21-14-8-9-15-23(21)27-18)17-25(30)29-24(16-19-10-4-2-5-11-19)26(31)28-20-12-6-3-7-13-20/h2-15,24,27H,16-17H2,1H3,(H,28,31)(H,29,30)/t24-/m0/s1. The van der Waals surface area contributed by atoms with Crippen molar-refractivity contribution in [2.45, 2.75) is 25.8 Å². The molecule has 3 N–H and O–H groups in total. The predicted molar refractivity (Wildman–Crippen MR) is 124 cm³/mol. The molecule has 31 heavy (non-hydrogen) atoms. The molecule has 4 rings (SSSR count). The summed E-state index contributed by atoms with van der Waals surface area (Å²) < 4.78 is 0. The van der Waals surface area contributed by atoms with Crippen molar-refractivity contribution in [3.63, 3.8) is 0 Å². The van der Waals surface area contributed by atoms with E-state index >= 15 is 0 Å². The van der Waals surface area contributed by atoms with Crippen molar-refractivity contribution >= 4 is 28.4 Å². The number of aromatic nitrogens is 1. The van der Waals surface area contributed by atoms with Gasteiger partial charge in [-0.3, -0.25) is 9.59 Å². The van der Waals surface area contributed by atoms with Gasteiger partial charge < -0.3 is 15.6 Å². The lowest BCUT2D eigenvalue weighted by Gasteiger charge is -2.19. The Bertz CT molecular complexity index is 1180. The van der Waals surface area contributed by atoms with E-state index in [1.54, 1.807) is 0 Å². The van der Waals surface area contributed by atoms with Crippen LogP contribution in [0.3, 0.4) is 0 Å². The first-order valence-electron chi connectivity index (χ1n) is 10.4. The van der Waals surface area contributed by atoms with Gasteiger partial charge in [0.05, 0.1) is 6.42 Å². The number of benzene rings is 3. The van der Waals surface area contributed by atoms with Crippen LogP contribution in [0.25, 0.3) is 10.9 Å². The van der Waals surface area contributed by atoms with E-state index in [4.69, 9.17) is 0 Å². The average Bonchev–Trinajstić information content (AvgIpc) is 3.09. The molecule has 1 aromatic heterocycles. The van der Waals surface area contributed by atoms with E-state index in [0.717, 1.165) is 27.7 Å². The maximum atomic E-state index is 13.0. The Morgan fingerprint density at radius 2 is 1.52 bits per heavy atom. The summed E-state index contributed by atoms with van der Waals surface area (Å²) in [7, 11) is 0. The number of nitrogens with one attached hydrogen (secondary N) is 3. The minimum absolute atomic E-state index is 0.183. The summed E-state index contributed by atoms with van der Waals surface area (Å²) in [6.45, 7) is 1.96. The average molecular weight is 412 g/mol. The highest BCUT2D eigenvalue weighted by atomic mass is 16.2. The minimum Gasteiger partial charge on any atom is -0.358 e. The first-order valence-corrected chi connectivity index (χ1v) is 10.4. The zero-order valence-corrected chi connectivity index (χ0v) is 17.4. The third kappa shape index (κ3) is 5.01. The third-order valence-corrected chi connectivity index (χ3v) is 5.34. The van der Waals surface area contributed by atoms with Gasteiger partial charge in [-0.25, -0.2) is 0 Å². The summed E-state index contributed by atoms with van der Waals surface area (Å²) in [5.74, 6) is -0.420. The van der Waals surface area contributed by atoms with Crippen LogP contribution in [0.1, 0.15) is 16.8 Å². The molecule has 0 aliphatic heterocycles. The molecule has 3 aromatic carbocycles. The van der Waals surface area contributed by atoms with Crippen LogP contribution in [-0.4, -0.2) is 22.8 Å². The number of carbonyl (C=O) groups excluding carboxylic acids is 2. The number of aryl methyl sites for hydroxylation is 1. The van der Waals surface area contributed by atoms with Crippen LogP contribution in [0.2, 0.25) is 0 Å². The van der Waals surface area contributed by atoms with Gasteiger partial charge in [0, 0.05) is 28.7 Å². The highest BCUT2D eigenvalue weighted by molar-refractivity contribution is 5.98. The summed E-state index contributed by atoms with van der Waals surface area (Å²) in [6, 6.07) is 26.2. The van der Waals surface area contributed by atoms with E-state index in [1.807, 2.05) is 91.9 Å². The molecule has 0 spiro atoms. The fourth-order valence-corrected chi connectivity index (χ4v) is 3.78. The van der Waals surface area contributed by atoms with Gasteiger partial charge in [0.1, 0.15) is 6.04 Å². The molecule has 0 bridgehead atoms. The number of aromatic amines is 1. The fraction of sp³-hybridized carbons (Fsp3) is 0.154. The molecule has 0 saturated heterocycles. The summed E-state index contributed by atoms with van der Waals surface area (Å²) in [5, 5.41) is 6.89. The molecule has 5 nitrogen and oxygen atoms in total. The number of anilines is 1. The summed E-state index contributed by atoms with van der Waals surface area (Å²) in [6.07, 6.45) is 0.623. The minimum atomic E-state index is -0.680. The topological polar surface area (TPSA) is 74.0 Å². The van der Waals surface area contributed by atoms with E-state index in [1.165, 1.54) is 0 Å². The van der Waals surface area contributed by atoms with Gasteiger partial charge in [0.25, 0.3) is 0 Å². The largest absolute Gasteiger partial charge is 0.358 e.